The van der Waals surface area contributed by atoms with Crippen molar-refractivity contribution < 1.29 is 9.60 Å². The fourth-order valence-electron chi connectivity index (χ4n) is 0.670. The molecule has 0 heterocycles. The van der Waals surface area contributed by atoms with Gasteiger partial charge in [-0.25, -0.2) is 0 Å². The van der Waals surface area contributed by atoms with Crippen LogP contribution in [0.2, 0.25) is 0 Å². The van der Waals surface area contributed by atoms with Gasteiger partial charge in [0.1, 0.15) is 11.6 Å². The Morgan fingerprint density at radius 3 is 2.33 bits per heavy atom. The van der Waals surface area contributed by atoms with E-state index in [-0.39, 0.29) is 18.2 Å². The molecule has 0 amide bonds. The van der Waals surface area contributed by atoms with Crippen molar-refractivity contribution in [2.75, 3.05) is 13.7 Å². The number of ether oxygens (including phenoxy) is 1. The highest BCUT2D eigenvalue weighted by atomic mass is 16.5. The first-order valence-corrected chi connectivity index (χ1v) is 4.05. The van der Waals surface area contributed by atoms with Gasteiger partial charge in [-0.15, -0.1) is 0 Å². The molecule has 12 heavy (non-hydrogen) atoms. The molecule has 0 radical (unpaired) electrons. The van der Waals surface area contributed by atoms with Crippen LogP contribution in [0.5, 0.6) is 0 Å². The number of azo groups is 1. The van der Waals surface area contributed by atoms with Crippen molar-refractivity contribution >= 4 is 0 Å². The van der Waals surface area contributed by atoms with Crippen LogP contribution >= 0.6 is 0 Å². The molecule has 0 saturated carbocycles. The van der Waals surface area contributed by atoms with Crippen molar-refractivity contribution in [1.29, 1.82) is 0 Å². The molecule has 0 spiro atoms. The van der Waals surface area contributed by atoms with Crippen molar-refractivity contribution in [1.82, 2.24) is 0 Å². The summed E-state index contributed by atoms with van der Waals surface area (Å²) in [5, 5.41) is 15.0. The first kappa shape index (κ1) is 11.4. The third-order valence-corrected chi connectivity index (χ3v) is 1.23. The number of hydrogen-bond donors (Lipinski definition) is 0. The zero-order valence-corrected chi connectivity index (χ0v) is 8.50. The smallest absolute Gasteiger partial charge is 0.206 e. The van der Waals surface area contributed by atoms with E-state index >= 15 is 0 Å². The average Bonchev–Trinajstić information content (AvgIpc) is 1.82. The van der Waals surface area contributed by atoms with Crippen molar-refractivity contribution in [3.63, 3.8) is 0 Å². The third kappa shape index (κ3) is 6.09. The zero-order chi connectivity index (χ0) is 9.78. The summed E-state index contributed by atoms with van der Waals surface area (Å²) in [5.41, 5.74) is -0.310. The van der Waals surface area contributed by atoms with Crippen LogP contribution < -0.4 is 0 Å². The molecular formula is C8H18N2O2. The number of hydrogen-bond acceptors (Lipinski definition) is 3. The largest absolute Gasteiger partial charge is 0.600 e. The Labute approximate surface area is 73.8 Å². The van der Waals surface area contributed by atoms with E-state index in [2.05, 4.69) is 5.11 Å². The summed E-state index contributed by atoms with van der Waals surface area (Å²) in [7, 11) is 1.58. The van der Waals surface area contributed by atoms with E-state index in [1.807, 2.05) is 27.7 Å². The molecule has 0 aliphatic carbocycles. The van der Waals surface area contributed by atoms with Crippen molar-refractivity contribution in [3.05, 3.63) is 5.21 Å². The zero-order valence-electron chi connectivity index (χ0n) is 8.50. The standard InChI is InChI=1S/C8H18N2O2/c1-7(12-5)6-10(11)9-8(2,3)4/h7H,6H2,1-5H3. The topological polar surface area (TPSA) is 47.7 Å². The summed E-state index contributed by atoms with van der Waals surface area (Å²) in [5.74, 6) is 0. The Hall–Kier alpha value is -0.640. The van der Waals surface area contributed by atoms with Crippen LogP contribution in [0.15, 0.2) is 5.11 Å². The fourth-order valence-corrected chi connectivity index (χ4v) is 0.670. The lowest BCUT2D eigenvalue weighted by Crippen LogP contribution is -2.22. The lowest BCUT2D eigenvalue weighted by molar-refractivity contribution is -0.544. The third-order valence-electron chi connectivity index (χ3n) is 1.23. The fraction of sp³-hybridized carbons (Fsp3) is 1.00. The predicted molar refractivity (Wildman–Crippen MR) is 47.1 cm³/mol. The number of rotatable bonds is 3. The maximum atomic E-state index is 11.1. The summed E-state index contributed by atoms with van der Waals surface area (Å²) in [6.07, 6.45) is -0.0754. The summed E-state index contributed by atoms with van der Waals surface area (Å²) < 4.78 is 4.93. The maximum absolute atomic E-state index is 11.1. The van der Waals surface area contributed by atoms with Gasteiger partial charge in [-0.2, -0.15) is 0 Å². The Kier molecular flexibility index (Phi) is 4.17. The molecule has 4 nitrogen and oxygen atoms in total. The molecule has 1 atom stereocenters. The molecule has 0 aliphatic heterocycles. The quantitative estimate of drug-likeness (QED) is 0.372. The van der Waals surface area contributed by atoms with Crippen LogP contribution in [0.25, 0.3) is 0 Å². The van der Waals surface area contributed by atoms with E-state index in [9.17, 15) is 5.21 Å². The van der Waals surface area contributed by atoms with Gasteiger partial charge in [0.25, 0.3) is 0 Å². The lowest BCUT2D eigenvalue weighted by Gasteiger charge is -2.12. The molecule has 0 aliphatic rings. The average molecular weight is 174 g/mol. The van der Waals surface area contributed by atoms with Crippen molar-refractivity contribution in [2.45, 2.75) is 39.3 Å². The molecular weight excluding hydrogens is 156 g/mol. The molecule has 0 rings (SSSR count). The van der Waals surface area contributed by atoms with Gasteiger partial charge >= 0.3 is 0 Å². The molecule has 0 saturated heterocycles. The summed E-state index contributed by atoms with van der Waals surface area (Å²) >= 11 is 0. The molecule has 0 fully saturated rings. The molecule has 0 aromatic heterocycles. The van der Waals surface area contributed by atoms with Gasteiger partial charge in [0, 0.05) is 7.11 Å². The minimum atomic E-state index is -0.310. The molecule has 4 heteroatoms. The first-order chi connectivity index (χ1) is 5.35. The highest BCUT2D eigenvalue weighted by molar-refractivity contribution is 4.64. The van der Waals surface area contributed by atoms with E-state index in [0.29, 0.717) is 4.86 Å². The van der Waals surface area contributed by atoms with Gasteiger partial charge in [-0.05, 0) is 32.8 Å². The number of methoxy groups -OCH3 is 1. The highest BCUT2D eigenvalue weighted by Gasteiger charge is 2.14. The van der Waals surface area contributed by atoms with E-state index < -0.39 is 0 Å². The van der Waals surface area contributed by atoms with Crippen LogP contribution in [0.4, 0.5) is 0 Å². The Morgan fingerprint density at radius 1 is 1.50 bits per heavy atom. The van der Waals surface area contributed by atoms with Gasteiger partial charge in [-0.1, -0.05) is 4.86 Å². The van der Waals surface area contributed by atoms with E-state index in [0.717, 1.165) is 0 Å². The van der Waals surface area contributed by atoms with E-state index in [1.54, 1.807) is 7.11 Å². The monoisotopic (exact) mass is 174 g/mol. The van der Waals surface area contributed by atoms with Gasteiger partial charge < -0.3 is 9.94 Å². The van der Waals surface area contributed by atoms with Crippen LogP contribution in [-0.4, -0.2) is 30.2 Å². The van der Waals surface area contributed by atoms with Crippen LogP contribution in [0.3, 0.4) is 0 Å². The van der Waals surface area contributed by atoms with Gasteiger partial charge in [0.15, 0.2) is 0 Å². The second kappa shape index (κ2) is 4.40. The van der Waals surface area contributed by atoms with Gasteiger partial charge in [0.2, 0.25) is 6.54 Å². The normalized spacial score (nSPS) is 16.2. The SMILES string of the molecule is COC(C)C[N+]([O-])=NC(C)(C)C. The minimum absolute atomic E-state index is 0.0754. The number of nitrogens with zero attached hydrogens (tertiary/aromatic N) is 2. The minimum Gasteiger partial charge on any atom is -0.600 e. The van der Waals surface area contributed by atoms with Crippen LogP contribution in [0.1, 0.15) is 27.7 Å². The Morgan fingerprint density at radius 2 is 2.00 bits per heavy atom. The molecule has 1 unspecified atom stereocenters. The van der Waals surface area contributed by atoms with Crippen LogP contribution in [-0.2, 0) is 4.74 Å². The molecule has 0 aromatic rings. The molecule has 72 valence electrons. The lowest BCUT2D eigenvalue weighted by atomic mass is 10.1. The summed E-state index contributed by atoms with van der Waals surface area (Å²) in [6.45, 7) is 7.77. The second-order valence-electron chi connectivity index (χ2n) is 3.85. The summed E-state index contributed by atoms with van der Waals surface area (Å²) in [6, 6.07) is 0. The maximum Gasteiger partial charge on any atom is 0.206 e. The van der Waals surface area contributed by atoms with Crippen LogP contribution in [0, 0.1) is 5.21 Å². The van der Waals surface area contributed by atoms with Crippen molar-refractivity contribution in [3.8, 4) is 0 Å². The van der Waals surface area contributed by atoms with Gasteiger partial charge in [0.05, 0.1) is 0 Å². The molecule has 0 aromatic carbocycles. The highest BCUT2D eigenvalue weighted by Crippen LogP contribution is 2.06. The Balaban J connectivity index is 4.03. The summed E-state index contributed by atoms with van der Waals surface area (Å²) in [4.78, 5) is 0.689. The first-order valence-electron chi connectivity index (χ1n) is 4.05. The number of hydroxylamine groups is 1. The van der Waals surface area contributed by atoms with Crippen molar-refractivity contribution in [2.24, 2.45) is 5.11 Å². The van der Waals surface area contributed by atoms with E-state index in [4.69, 9.17) is 4.74 Å². The Bertz CT molecular complexity index is 161. The van der Waals surface area contributed by atoms with Gasteiger partial charge in [-0.3, -0.25) is 0 Å². The second-order valence-corrected chi connectivity index (χ2v) is 3.85. The van der Waals surface area contributed by atoms with E-state index in [1.165, 1.54) is 0 Å². The predicted octanol–water partition coefficient (Wildman–Crippen LogP) is 1.78. The molecule has 0 bridgehead atoms. The molecule has 0 N–H and O–H groups in total.